The molecule has 210 valence electrons. The van der Waals surface area contributed by atoms with Crippen LogP contribution in [-0.4, -0.2) is 76.4 Å². The van der Waals surface area contributed by atoms with E-state index in [0.29, 0.717) is 49.1 Å². The van der Waals surface area contributed by atoms with Gasteiger partial charge in [0.15, 0.2) is 11.5 Å². The molecule has 3 rings (SSSR count). The van der Waals surface area contributed by atoms with Crippen molar-refractivity contribution in [3.63, 3.8) is 0 Å². The van der Waals surface area contributed by atoms with Gasteiger partial charge in [-0.1, -0.05) is 6.07 Å². The predicted octanol–water partition coefficient (Wildman–Crippen LogP) is 4.83. The minimum Gasteiger partial charge on any atom is -0.497 e. The molecule has 0 unspecified atom stereocenters. The first kappa shape index (κ1) is 29.8. The van der Waals surface area contributed by atoms with E-state index in [9.17, 15) is 9.59 Å². The molecular formula is C29H37N3O6S. The number of benzene rings is 2. The second-order valence-electron chi connectivity index (χ2n) is 8.84. The first-order valence-electron chi connectivity index (χ1n) is 12.6. The number of anilines is 1. The van der Waals surface area contributed by atoms with Crippen LogP contribution < -0.4 is 19.5 Å². The molecule has 1 heterocycles. The van der Waals surface area contributed by atoms with Crippen molar-refractivity contribution in [2.24, 2.45) is 0 Å². The Morgan fingerprint density at radius 3 is 2.21 bits per heavy atom. The Morgan fingerprint density at radius 1 is 0.846 bits per heavy atom. The maximum absolute atomic E-state index is 13.6. The minimum absolute atomic E-state index is 0.0817. The lowest BCUT2D eigenvalue weighted by Crippen LogP contribution is -2.46. The van der Waals surface area contributed by atoms with Crippen molar-refractivity contribution in [3.8, 4) is 17.2 Å². The summed E-state index contributed by atoms with van der Waals surface area (Å²) in [5, 5.41) is 2.86. The van der Waals surface area contributed by atoms with Gasteiger partial charge in [0.2, 0.25) is 5.91 Å². The smallest absolute Gasteiger partial charge is 0.322 e. The molecule has 0 saturated carbocycles. The van der Waals surface area contributed by atoms with Crippen LogP contribution in [0.4, 0.5) is 10.5 Å². The van der Waals surface area contributed by atoms with Gasteiger partial charge in [0.1, 0.15) is 12.3 Å². The molecule has 39 heavy (non-hydrogen) atoms. The lowest BCUT2D eigenvalue weighted by atomic mass is 10.1. The van der Waals surface area contributed by atoms with Crippen LogP contribution in [0, 0.1) is 6.92 Å². The number of rotatable bonds is 14. The monoisotopic (exact) mass is 555 g/mol. The van der Waals surface area contributed by atoms with Gasteiger partial charge in [0.25, 0.3) is 0 Å². The molecule has 0 aliphatic rings. The third-order valence-corrected chi connectivity index (χ3v) is 7.12. The number of ether oxygens (including phenoxy) is 4. The highest BCUT2D eigenvalue weighted by Crippen LogP contribution is 2.28. The van der Waals surface area contributed by atoms with Crippen LogP contribution in [-0.2, 0) is 22.5 Å². The molecule has 2 aromatic carbocycles. The number of hydrogen-bond donors (Lipinski definition) is 1. The van der Waals surface area contributed by atoms with Crippen LogP contribution in [0.25, 0.3) is 0 Å². The number of carbonyl (C=O) groups is 2. The summed E-state index contributed by atoms with van der Waals surface area (Å²) < 4.78 is 21.2. The van der Waals surface area contributed by atoms with Gasteiger partial charge in [-0.15, -0.1) is 11.3 Å². The maximum atomic E-state index is 13.6. The van der Waals surface area contributed by atoms with E-state index in [-0.39, 0.29) is 25.0 Å². The zero-order valence-electron chi connectivity index (χ0n) is 23.2. The van der Waals surface area contributed by atoms with Gasteiger partial charge in [-0.3, -0.25) is 4.79 Å². The third kappa shape index (κ3) is 8.90. The Bertz CT molecular complexity index is 1210. The van der Waals surface area contributed by atoms with E-state index in [2.05, 4.69) is 5.32 Å². The first-order chi connectivity index (χ1) is 18.9. The summed E-state index contributed by atoms with van der Waals surface area (Å²) in [7, 11) is 6.35. The number of urea groups is 1. The molecule has 3 amide bonds. The number of carbonyl (C=O) groups excluding carboxylic acids is 2. The van der Waals surface area contributed by atoms with E-state index in [1.54, 1.807) is 68.9 Å². The van der Waals surface area contributed by atoms with Crippen molar-refractivity contribution in [3.05, 3.63) is 69.9 Å². The fourth-order valence-corrected chi connectivity index (χ4v) is 4.85. The highest BCUT2D eigenvalue weighted by Gasteiger charge is 2.22. The molecule has 0 fully saturated rings. The molecule has 10 heteroatoms. The van der Waals surface area contributed by atoms with E-state index in [4.69, 9.17) is 18.9 Å². The molecule has 9 nitrogen and oxygen atoms in total. The Balaban J connectivity index is 1.74. The zero-order chi connectivity index (χ0) is 28.2. The Kier molecular flexibility index (Phi) is 11.4. The van der Waals surface area contributed by atoms with Crippen molar-refractivity contribution >= 4 is 29.0 Å². The highest BCUT2D eigenvalue weighted by atomic mass is 32.1. The van der Waals surface area contributed by atoms with Gasteiger partial charge in [-0.05, 0) is 67.4 Å². The summed E-state index contributed by atoms with van der Waals surface area (Å²) in [6.45, 7) is 3.47. The van der Waals surface area contributed by atoms with Crippen LogP contribution >= 0.6 is 11.3 Å². The molecule has 0 bridgehead atoms. The number of aryl methyl sites for hydroxylation is 1. The predicted molar refractivity (Wildman–Crippen MR) is 153 cm³/mol. The lowest BCUT2D eigenvalue weighted by molar-refractivity contribution is -0.132. The van der Waals surface area contributed by atoms with Crippen LogP contribution in [0.1, 0.15) is 15.3 Å². The van der Waals surface area contributed by atoms with Gasteiger partial charge < -0.3 is 34.1 Å². The van der Waals surface area contributed by atoms with Crippen molar-refractivity contribution in [1.82, 2.24) is 9.80 Å². The second-order valence-corrected chi connectivity index (χ2v) is 10.2. The number of nitrogens with zero attached hydrogens (tertiary/aromatic N) is 2. The largest absolute Gasteiger partial charge is 0.497 e. The molecule has 0 saturated heterocycles. The minimum atomic E-state index is -0.377. The standard InChI is InChI=1S/C29H37N3O6S/c1-21-6-12-25(39-21)19-31(15-14-22-7-13-26(37-4)27(18-22)38-5)28(33)20-32(16-17-35-2)29(34)30-23-8-10-24(36-3)11-9-23/h6-13,18H,14-17,19-20H2,1-5H3,(H,30,34). The summed E-state index contributed by atoms with van der Waals surface area (Å²) in [5.74, 6) is 1.83. The van der Waals surface area contributed by atoms with E-state index >= 15 is 0 Å². The van der Waals surface area contributed by atoms with Gasteiger partial charge >= 0.3 is 6.03 Å². The summed E-state index contributed by atoms with van der Waals surface area (Å²) in [6, 6.07) is 16.5. The normalized spacial score (nSPS) is 10.6. The zero-order valence-corrected chi connectivity index (χ0v) is 24.0. The van der Waals surface area contributed by atoms with Crippen molar-refractivity contribution in [2.75, 3.05) is 60.0 Å². The molecule has 0 aliphatic heterocycles. The van der Waals surface area contributed by atoms with Crippen molar-refractivity contribution in [1.29, 1.82) is 0 Å². The summed E-state index contributed by atoms with van der Waals surface area (Å²) in [5.41, 5.74) is 1.62. The summed E-state index contributed by atoms with van der Waals surface area (Å²) in [4.78, 5) is 32.3. The quantitative estimate of drug-likeness (QED) is 0.306. The number of hydrogen-bond acceptors (Lipinski definition) is 7. The van der Waals surface area contributed by atoms with E-state index in [1.165, 1.54) is 9.78 Å². The molecule has 1 aromatic heterocycles. The van der Waals surface area contributed by atoms with Crippen LogP contribution in [0.3, 0.4) is 0 Å². The fraction of sp³-hybridized carbons (Fsp3) is 0.379. The lowest BCUT2D eigenvalue weighted by Gasteiger charge is -2.28. The summed E-state index contributed by atoms with van der Waals surface area (Å²) >= 11 is 1.66. The molecule has 0 atom stereocenters. The third-order valence-electron chi connectivity index (χ3n) is 6.13. The molecular weight excluding hydrogens is 518 g/mol. The van der Waals surface area contributed by atoms with E-state index in [0.717, 1.165) is 10.4 Å². The number of methoxy groups -OCH3 is 4. The Morgan fingerprint density at radius 2 is 1.59 bits per heavy atom. The molecule has 3 aromatic rings. The maximum Gasteiger partial charge on any atom is 0.322 e. The number of amides is 3. The fourth-order valence-electron chi connectivity index (χ4n) is 3.94. The van der Waals surface area contributed by atoms with Gasteiger partial charge in [0, 0.05) is 35.6 Å². The van der Waals surface area contributed by atoms with Gasteiger partial charge in [0.05, 0.1) is 34.5 Å². The molecule has 0 aliphatic carbocycles. The van der Waals surface area contributed by atoms with Crippen LogP contribution in [0.5, 0.6) is 17.2 Å². The van der Waals surface area contributed by atoms with Gasteiger partial charge in [-0.2, -0.15) is 0 Å². The molecule has 0 radical (unpaired) electrons. The van der Waals surface area contributed by atoms with Crippen LogP contribution in [0.2, 0.25) is 0 Å². The van der Waals surface area contributed by atoms with Crippen molar-refractivity contribution in [2.45, 2.75) is 19.9 Å². The first-order valence-corrected chi connectivity index (χ1v) is 13.4. The van der Waals surface area contributed by atoms with Crippen LogP contribution in [0.15, 0.2) is 54.6 Å². The second kappa shape index (κ2) is 15.0. The SMILES string of the molecule is COCCN(CC(=O)N(CCc1ccc(OC)c(OC)c1)Cc1ccc(C)s1)C(=O)Nc1ccc(OC)cc1. The van der Waals surface area contributed by atoms with Gasteiger partial charge in [-0.25, -0.2) is 4.79 Å². The Labute approximate surface area is 234 Å². The number of thiophene rings is 1. The molecule has 1 N–H and O–H groups in total. The highest BCUT2D eigenvalue weighted by molar-refractivity contribution is 7.11. The van der Waals surface area contributed by atoms with E-state index < -0.39 is 0 Å². The van der Waals surface area contributed by atoms with Crippen molar-refractivity contribution < 1.29 is 28.5 Å². The number of nitrogens with one attached hydrogen (secondary N) is 1. The average molecular weight is 556 g/mol. The Hall–Kier alpha value is -3.76. The average Bonchev–Trinajstić information content (AvgIpc) is 3.37. The molecule has 0 spiro atoms. The van der Waals surface area contributed by atoms with E-state index in [1.807, 2.05) is 37.3 Å². The topological polar surface area (TPSA) is 89.6 Å². The summed E-state index contributed by atoms with van der Waals surface area (Å²) in [6.07, 6.45) is 0.618.